The van der Waals surface area contributed by atoms with Crippen LogP contribution in [0.15, 0.2) is 0 Å². The molecule has 0 amide bonds. The highest BCUT2D eigenvalue weighted by Gasteiger charge is 1.99. The van der Waals surface area contributed by atoms with Crippen molar-refractivity contribution in [2.75, 3.05) is 20.6 Å². The van der Waals surface area contributed by atoms with Gasteiger partial charge in [0.2, 0.25) is 0 Å². The van der Waals surface area contributed by atoms with Crippen molar-refractivity contribution in [3.63, 3.8) is 0 Å². The summed E-state index contributed by atoms with van der Waals surface area (Å²) in [6, 6.07) is 0. The Bertz CT molecular complexity index is 219. The van der Waals surface area contributed by atoms with Gasteiger partial charge in [0.15, 0.2) is 0 Å². The van der Waals surface area contributed by atoms with E-state index in [0.717, 1.165) is 23.0 Å². The van der Waals surface area contributed by atoms with Gasteiger partial charge in [-0.05, 0) is 21.0 Å². The first-order valence-electron chi connectivity index (χ1n) is 3.62. The molecule has 11 heavy (non-hydrogen) atoms. The Kier molecular flexibility index (Phi) is 2.96. The molecule has 3 nitrogen and oxygen atoms in total. The molecular weight excluding hydrogens is 158 g/mol. The molecule has 0 radical (unpaired) electrons. The Hall–Kier alpha value is -0.480. The third-order valence-electron chi connectivity index (χ3n) is 1.34. The molecule has 0 bridgehead atoms. The van der Waals surface area contributed by atoms with Crippen LogP contribution in [0.5, 0.6) is 0 Å². The summed E-state index contributed by atoms with van der Waals surface area (Å²) in [5, 5.41) is 10.2. The third-order valence-corrected chi connectivity index (χ3v) is 2.24. The van der Waals surface area contributed by atoms with Gasteiger partial charge in [0.25, 0.3) is 0 Å². The lowest BCUT2D eigenvalue weighted by Gasteiger charge is -2.05. The van der Waals surface area contributed by atoms with Crippen LogP contribution < -0.4 is 0 Å². The minimum Gasteiger partial charge on any atom is -0.309 e. The predicted molar refractivity (Wildman–Crippen MR) is 46.9 cm³/mol. The second kappa shape index (κ2) is 3.78. The molecule has 0 saturated heterocycles. The monoisotopic (exact) mass is 171 g/mol. The van der Waals surface area contributed by atoms with Crippen LogP contribution >= 0.6 is 11.3 Å². The summed E-state index contributed by atoms with van der Waals surface area (Å²) >= 11 is 1.68. The molecule has 1 aromatic heterocycles. The molecule has 0 aliphatic carbocycles. The fourth-order valence-electron chi connectivity index (χ4n) is 0.758. The molecule has 0 aliphatic rings. The molecule has 1 aromatic rings. The van der Waals surface area contributed by atoms with Crippen molar-refractivity contribution in [2.24, 2.45) is 0 Å². The highest BCUT2D eigenvalue weighted by Crippen LogP contribution is 2.08. The fourth-order valence-corrected chi connectivity index (χ4v) is 1.46. The van der Waals surface area contributed by atoms with Crippen LogP contribution in [0.25, 0.3) is 0 Å². The molecule has 62 valence electrons. The van der Waals surface area contributed by atoms with Gasteiger partial charge in [-0.2, -0.15) is 0 Å². The average Bonchev–Trinajstić information content (AvgIpc) is 2.31. The van der Waals surface area contributed by atoms with Crippen molar-refractivity contribution in [2.45, 2.75) is 13.3 Å². The molecule has 0 spiro atoms. The lowest BCUT2D eigenvalue weighted by molar-refractivity contribution is 0.413. The Morgan fingerprint density at radius 2 is 2.09 bits per heavy atom. The van der Waals surface area contributed by atoms with Crippen molar-refractivity contribution in [3.8, 4) is 0 Å². The van der Waals surface area contributed by atoms with Crippen molar-refractivity contribution in [3.05, 3.63) is 10.0 Å². The number of aromatic nitrogens is 2. The molecule has 0 N–H and O–H groups in total. The Balaban J connectivity index is 2.39. The normalized spacial score (nSPS) is 10.9. The van der Waals surface area contributed by atoms with Gasteiger partial charge in [-0.1, -0.05) is 0 Å². The first-order chi connectivity index (χ1) is 5.18. The number of hydrogen-bond acceptors (Lipinski definition) is 4. The molecule has 0 aromatic carbocycles. The predicted octanol–water partition coefficient (Wildman–Crippen LogP) is 0.951. The van der Waals surface area contributed by atoms with E-state index in [2.05, 4.69) is 29.2 Å². The van der Waals surface area contributed by atoms with E-state index in [0.29, 0.717) is 0 Å². The van der Waals surface area contributed by atoms with E-state index < -0.39 is 0 Å². The van der Waals surface area contributed by atoms with Crippen LogP contribution in [0.2, 0.25) is 0 Å². The van der Waals surface area contributed by atoms with E-state index in [1.165, 1.54) is 0 Å². The lowest BCUT2D eigenvalue weighted by Crippen LogP contribution is -2.14. The van der Waals surface area contributed by atoms with Crippen LogP contribution in [0.3, 0.4) is 0 Å². The number of hydrogen-bond donors (Lipinski definition) is 0. The van der Waals surface area contributed by atoms with Gasteiger partial charge in [0.05, 0.1) is 0 Å². The van der Waals surface area contributed by atoms with Crippen LogP contribution in [0.1, 0.15) is 10.0 Å². The maximum atomic E-state index is 4.03. The first-order valence-corrected chi connectivity index (χ1v) is 4.44. The standard InChI is InChI=1S/C7H13N3S/c1-6-8-9-7(11-6)4-5-10(2)3/h4-5H2,1-3H3. The Morgan fingerprint density at radius 3 is 2.55 bits per heavy atom. The molecular formula is C7H13N3S. The third kappa shape index (κ3) is 2.95. The molecule has 1 rings (SSSR count). The van der Waals surface area contributed by atoms with E-state index in [1.807, 2.05) is 6.92 Å². The minimum atomic E-state index is 1.01. The summed E-state index contributed by atoms with van der Waals surface area (Å²) < 4.78 is 0. The maximum Gasteiger partial charge on any atom is 0.118 e. The van der Waals surface area contributed by atoms with E-state index in [-0.39, 0.29) is 0 Å². The van der Waals surface area contributed by atoms with E-state index >= 15 is 0 Å². The van der Waals surface area contributed by atoms with Gasteiger partial charge in [-0.3, -0.25) is 0 Å². The zero-order valence-electron chi connectivity index (χ0n) is 7.16. The van der Waals surface area contributed by atoms with E-state index in [4.69, 9.17) is 0 Å². The largest absolute Gasteiger partial charge is 0.309 e. The number of rotatable bonds is 3. The zero-order chi connectivity index (χ0) is 8.27. The molecule has 0 atom stereocenters. The second-order valence-electron chi connectivity index (χ2n) is 2.77. The Labute approximate surface area is 71.1 Å². The summed E-state index contributed by atoms with van der Waals surface area (Å²) in [6.45, 7) is 3.03. The summed E-state index contributed by atoms with van der Waals surface area (Å²) in [7, 11) is 4.13. The number of aryl methyl sites for hydroxylation is 1. The highest BCUT2D eigenvalue weighted by atomic mass is 32.1. The minimum absolute atomic E-state index is 1.01. The summed E-state index contributed by atoms with van der Waals surface area (Å²) in [6.07, 6.45) is 1.01. The summed E-state index contributed by atoms with van der Waals surface area (Å²) in [5.41, 5.74) is 0. The molecule has 0 unspecified atom stereocenters. The van der Waals surface area contributed by atoms with Crippen LogP contribution in [-0.2, 0) is 6.42 Å². The van der Waals surface area contributed by atoms with Gasteiger partial charge in [0.1, 0.15) is 10.0 Å². The summed E-state index contributed by atoms with van der Waals surface area (Å²) in [5.74, 6) is 0. The van der Waals surface area contributed by atoms with E-state index in [9.17, 15) is 0 Å². The smallest absolute Gasteiger partial charge is 0.118 e. The van der Waals surface area contributed by atoms with Crippen molar-refractivity contribution in [1.82, 2.24) is 15.1 Å². The van der Waals surface area contributed by atoms with Crippen LogP contribution in [0.4, 0.5) is 0 Å². The van der Waals surface area contributed by atoms with Gasteiger partial charge >= 0.3 is 0 Å². The van der Waals surface area contributed by atoms with Crippen molar-refractivity contribution >= 4 is 11.3 Å². The quantitative estimate of drug-likeness (QED) is 0.678. The van der Waals surface area contributed by atoms with Crippen LogP contribution in [-0.4, -0.2) is 35.7 Å². The Morgan fingerprint density at radius 1 is 1.36 bits per heavy atom. The van der Waals surface area contributed by atoms with Crippen molar-refractivity contribution in [1.29, 1.82) is 0 Å². The van der Waals surface area contributed by atoms with E-state index in [1.54, 1.807) is 11.3 Å². The second-order valence-corrected chi connectivity index (χ2v) is 4.03. The lowest BCUT2D eigenvalue weighted by atomic mass is 10.4. The first kappa shape index (κ1) is 8.62. The van der Waals surface area contributed by atoms with Gasteiger partial charge in [-0.25, -0.2) is 0 Å². The molecule has 0 saturated carbocycles. The van der Waals surface area contributed by atoms with Gasteiger partial charge < -0.3 is 4.90 Å². The number of nitrogens with zero attached hydrogens (tertiary/aromatic N) is 3. The SMILES string of the molecule is Cc1nnc(CCN(C)C)s1. The van der Waals surface area contributed by atoms with Crippen LogP contribution in [0, 0.1) is 6.92 Å². The average molecular weight is 171 g/mol. The fraction of sp³-hybridized carbons (Fsp3) is 0.714. The molecule has 0 fully saturated rings. The molecule has 1 heterocycles. The highest BCUT2D eigenvalue weighted by molar-refractivity contribution is 7.11. The maximum absolute atomic E-state index is 4.03. The van der Waals surface area contributed by atoms with Crippen molar-refractivity contribution < 1.29 is 0 Å². The molecule has 0 aliphatic heterocycles. The number of likely N-dealkylation sites (N-methyl/N-ethyl adjacent to an activating group) is 1. The molecule has 4 heteroatoms. The topological polar surface area (TPSA) is 29.0 Å². The summed E-state index contributed by atoms with van der Waals surface area (Å²) in [4.78, 5) is 2.15. The van der Waals surface area contributed by atoms with Gasteiger partial charge in [-0.15, -0.1) is 21.5 Å². The van der Waals surface area contributed by atoms with Gasteiger partial charge in [0, 0.05) is 13.0 Å². The zero-order valence-corrected chi connectivity index (χ0v) is 7.98.